The van der Waals surface area contributed by atoms with Gasteiger partial charge in [-0.3, -0.25) is 0 Å². The monoisotopic (exact) mass is 692 g/mol. The molecule has 1 aliphatic carbocycles. The summed E-state index contributed by atoms with van der Waals surface area (Å²) in [4.78, 5) is 0. The van der Waals surface area contributed by atoms with Gasteiger partial charge in [-0.15, -0.1) is 0 Å². The Bertz CT molecular complexity index is 2210. The molecule has 5 aromatic rings. The van der Waals surface area contributed by atoms with Crippen LogP contribution in [0.3, 0.4) is 0 Å². The molecule has 5 nitrogen and oxygen atoms in total. The lowest BCUT2D eigenvalue weighted by atomic mass is 9.87. The predicted octanol–water partition coefficient (Wildman–Crippen LogP) is 6.42. The fourth-order valence-electron chi connectivity index (χ4n) is 5.80. The molecule has 5 heteroatoms. The Morgan fingerprint density at radius 2 is 0.491 bits per heavy atom. The SMILES string of the molecule is COC1(c2ccccc2)C#CC(O)(c2ccccc2)C#CC(O)(c2ccccc2)C#CC(OC)(c2ccccc2)C#CC(OC)(c2ccccc2)C#C1. The first kappa shape index (κ1) is 36.5. The maximum atomic E-state index is 12.4. The molecule has 0 aliphatic heterocycles. The van der Waals surface area contributed by atoms with Gasteiger partial charge in [0.15, 0.2) is 0 Å². The van der Waals surface area contributed by atoms with Gasteiger partial charge in [-0.25, -0.2) is 0 Å². The van der Waals surface area contributed by atoms with E-state index < -0.39 is 28.0 Å². The largest absolute Gasteiger partial charge is 0.364 e. The minimum Gasteiger partial charge on any atom is -0.364 e. The highest BCUT2D eigenvalue weighted by molar-refractivity contribution is 5.55. The van der Waals surface area contributed by atoms with Crippen LogP contribution >= 0.6 is 0 Å². The zero-order chi connectivity index (χ0) is 37.3. The van der Waals surface area contributed by atoms with E-state index in [2.05, 4.69) is 59.2 Å². The molecule has 0 bridgehead atoms. The molecule has 0 saturated heterocycles. The van der Waals surface area contributed by atoms with Crippen molar-refractivity contribution >= 4 is 0 Å². The highest BCUT2D eigenvalue weighted by Crippen LogP contribution is 2.32. The summed E-state index contributed by atoms with van der Waals surface area (Å²) in [5.74, 6) is 31.2. The average molecular weight is 693 g/mol. The van der Waals surface area contributed by atoms with Gasteiger partial charge in [0.25, 0.3) is 0 Å². The fraction of sp³-hybridized carbons (Fsp3) is 0.167. The van der Waals surface area contributed by atoms with Crippen LogP contribution in [-0.2, 0) is 42.2 Å². The zero-order valence-electron chi connectivity index (χ0n) is 29.6. The van der Waals surface area contributed by atoms with Crippen LogP contribution in [0.5, 0.6) is 0 Å². The van der Waals surface area contributed by atoms with Crippen molar-refractivity contribution < 1.29 is 24.4 Å². The third-order valence-electron chi connectivity index (χ3n) is 8.93. The first-order valence-electron chi connectivity index (χ1n) is 16.8. The van der Waals surface area contributed by atoms with Crippen molar-refractivity contribution in [3.05, 3.63) is 179 Å². The molecule has 4 atom stereocenters. The summed E-state index contributed by atoms with van der Waals surface area (Å²) < 4.78 is 18.6. The van der Waals surface area contributed by atoms with Gasteiger partial charge in [0.05, 0.1) is 0 Å². The molecule has 0 saturated carbocycles. The number of hydrogen-bond acceptors (Lipinski definition) is 5. The maximum Gasteiger partial charge on any atom is 0.216 e. The lowest BCUT2D eigenvalue weighted by molar-refractivity contribution is 0.0756. The van der Waals surface area contributed by atoms with Gasteiger partial charge >= 0.3 is 0 Å². The summed E-state index contributed by atoms with van der Waals surface area (Å²) in [6.07, 6.45) is 0. The molecule has 0 heterocycles. The second-order valence-corrected chi connectivity index (χ2v) is 12.2. The molecule has 0 amide bonds. The zero-order valence-corrected chi connectivity index (χ0v) is 29.6. The van der Waals surface area contributed by atoms with Gasteiger partial charge in [-0.2, -0.15) is 0 Å². The lowest BCUT2D eigenvalue weighted by Crippen LogP contribution is -2.31. The van der Waals surface area contributed by atoms with Gasteiger partial charge < -0.3 is 24.4 Å². The molecule has 1 aliphatic rings. The van der Waals surface area contributed by atoms with E-state index in [-0.39, 0.29) is 0 Å². The number of benzene rings is 5. The normalized spacial score (nSPS) is 26.1. The molecular formula is C48H36O5. The van der Waals surface area contributed by atoms with Crippen LogP contribution in [0, 0.1) is 59.2 Å². The minimum absolute atomic E-state index is 0.369. The summed E-state index contributed by atoms with van der Waals surface area (Å²) in [5.41, 5.74) is -6.48. The molecule has 2 N–H and O–H groups in total. The van der Waals surface area contributed by atoms with Crippen molar-refractivity contribution in [3.8, 4) is 59.2 Å². The Balaban J connectivity index is 1.79. The van der Waals surface area contributed by atoms with E-state index in [1.165, 1.54) is 21.3 Å². The molecule has 6 rings (SSSR count). The Morgan fingerprint density at radius 3 is 0.717 bits per heavy atom. The number of methoxy groups -OCH3 is 3. The van der Waals surface area contributed by atoms with E-state index in [0.717, 1.165) is 0 Å². The van der Waals surface area contributed by atoms with E-state index in [4.69, 9.17) is 14.2 Å². The highest BCUT2D eigenvalue weighted by atomic mass is 16.5. The van der Waals surface area contributed by atoms with Gasteiger partial charge in [0, 0.05) is 49.1 Å². The van der Waals surface area contributed by atoms with Crippen LogP contribution in [0.2, 0.25) is 0 Å². The molecular weight excluding hydrogens is 657 g/mol. The van der Waals surface area contributed by atoms with Gasteiger partial charge in [-0.1, -0.05) is 152 Å². The molecule has 4 unspecified atom stereocenters. The van der Waals surface area contributed by atoms with Crippen LogP contribution in [0.4, 0.5) is 0 Å². The van der Waals surface area contributed by atoms with Crippen molar-refractivity contribution in [2.24, 2.45) is 0 Å². The Labute approximate surface area is 311 Å². The molecule has 53 heavy (non-hydrogen) atoms. The summed E-state index contributed by atoms with van der Waals surface area (Å²) in [6.45, 7) is 0. The number of rotatable bonds is 8. The maximum absolute atomic E-state index is 12.4. The van der Waals surface area contributed by atoms with Crippen LogP contribution < -0.4 is 0 Å². The van der Waals surface area contributed by atoms with E-state index >= 15 is 0 Å². The topological polar surface area (TPSA) is 68.2 Å². The Morgan fingerprint density at radius 1 is 0.302 bits per heavy atom. The first-order valence-corrected chi connectivity index (χ1v) is 16.8. The molecule has 0 aromatic heterocycles. The first-order chi connectivity index (χ1) is 25.7. The minimum atomic E-state index is -2.13. The van der Waals surface area contributed by atoms with Gasteiger partial charge in [-0.05, 0) is 59.2 Å². The quantitative estimate of drug-likeness (QED) is 0.184. The van der Waals surface area contributed by atoms with Gasteiger partial charge in [0.1, 0.15) is 0 Å². The van der Waals surface area contributed by atoms with E-state index in [0.29, 0.717) is 27.8 Å². The van der Waals surface area contributed by atoms with E-state index in [9.17, 15) is 10.2 Å². The predicted molar refractivity (Wildman–Crippen MR) is 205 cm³/mol. The van der Waals surface area contributed by atoms with Crippen LogP contribution in [0.15, 0.2) is 152 Å². The standard InChI is InChI=1S/C48H36O5/c1-51-46(41-23-13-6-14-24-41)33-31-44(49,39-19-9-4-10-20-39)29-30-45(50,40-21-11-5-12-22-40)32-34-47(52-2,42-25-15-7-16-26-42)36-38-48(53-3,37-35-46)43-27-17-8-18-28-43/h4-28,49-50H,1-3H3. The fourth-order valence-corrected chi connectivity index (χ4v) is 5.80. The second-order valence-electron chi connectivity index (χ2n) is 12.2. The van der Waals surface area contributed by atoms with Crippen molar-refractivity contribution in [2.75, 3.05) is 21.3 Å². The average Bonchev–Trinajstić information content (AvgIpc) is 3.24. The van der Waals surface area contributed by atoms with E-state index in [1.807, 2.05) is 103 Å². The second kappa shape index (κ2) is 15.5. The summed E-state index contributed by atoms with van der Waals surface area (Å²) in [7, 11) is 4.51. The number of hydrogen-bond donors (Lipinski definition) is 2. The van der Waals surface area contributed by atoms with Crippen LogP contribution in [0.1, 0.15) is 27.8 Å². The van der Waals surface area contributed by atoms with E-state index in [1.54, 1.807) is 48.5 Å². The molecule has 5 aromatic carbocycles. The molecule has 0 fully saturated rings. The Hall–Kier alpha value is -6.30. The van der Waals surface area contributed by atoms with Gasteiger partial charge in [0.2, 0.25) is 28.0 Å². The van der Waals surface area contributed by atoms with Crippen LogP contribution in [-0.4, -0.2) is 31.5 Å². The van der Waals surface area contributed by atoms with Crippen LogP contribution in [0.25, 0.3) is 0 Å². The highest BCUT2D eigenvalue weighted by Gasteiger charge is 2.37. The molecule has 0 spiro atoms. The number of ether oxygens (including phenoxy) is 3. The number of aliphatic hydroxyl groups is 2. The Kier molecular flexibility index (Phi) is 10.7. The van der Waals surface area contributed by atoms with Crippen molar-refractivity contribution in [3.63, 3.8) is 0 Å². The smallest absolute Gasteiger partial charge is 0.216 e. The van der Waals surface area contributed by atoms with Crippen molar-refractivity contribution in [1.29, 1.82) is 0 Å². The lowest BCUT2D eigenvalue weighted by Gasteiger charge is -2.27. The molecule has 0 radical (unpaired) electrons. The third-order valence-corrected chi connectivity index (χ3v) is 8.93. The summed E-state index contributed by atoms with van der Waals surface area (Å²) in [6, 6.07) is 45.4. The van der Waals surface area contributed by atoms with Crippen molar-refractivity contribution in [1.82, 2.24) is 0 Å². The molecule has 258 valence electrons. The summed E-state index contributed by atoms with van der Waals surface area (Å²) >= 11 is 0. The summed E-state index contributed by atoms with van der Waals surface area (Å²) in [5, 5.41) is 24.9. The van der Waals surface area contributed by atoms with Crippen molar-refractivity contribution in [2.45, 2.75) is 28.0 Å². The third kappa shape index (κ3) is 7.52.